The van der Waals surface area contributed by atoms with Crippen LogP contribution in [-0.4, -0.2) is 16.6 Å². The highest BCUT2D eigenvalue weighted by atomic mass is 16.6. The van der Waals surface area contributed by atoms with E-state index < -0.39 is 0 Å². The highest BCUT2D eigenvalue weighted by Gasteiger charge is 2.13. The highest BCUT2D eigenvalue weighted by Crippen LogP contribution is 2.26. The van der Waals surface area contributed by atoms with E-state index in [1.54, 1.807) is 19.2 Å². The maximum absolute atomic E-state index is 10.9. The van der Waals surface area contributed by atoms with E-state index in [0.29, 0.717) is 12.3 Å². The van der Waals surface area contributed by atoms with Crippen molar-refractivity contribution >= 4 is 5.69 Å². The predicted octanol–water partition coefficient (Wildman–Crippen LogP) is 3.38. The first-order valence-electron chi connectivity index (χ1n) is 6.38. The Kier molecular flexibility index (Phi) is 3.79. The van der Waals surface area contributed by atoms with Crippen molar-refractivity contribution in [2.75, 3.05) is 7.11 Å². The maximum Gasteiger partial charge on any atom is 0.270 e. The normalized spacial score (nSPS) is 10.6. The van der Waals surface area contributed by atoms with Crippen molar-refractivity contribution in [2.45, 2.75) is 27.3 Å². The second-order valence-electron chi connectivity index (χ2n) is 4.90. The first-order valence-corrected chi connectivity index (χ1v) is 6.38. The van der Waals surface area contributed by atoms with Crippen LogP contribution in [0.4, 0.5) is 5.69 Å². The molecule has 106 valence electrons. The molecule has 20 heavy (non-hydrogen) atoms. The van der Waals surface area contributed by atoms with E-state index in [1.807, 2.05) is 6.92 Å². The summed E-state index contributed by atoms with van der Waals surface area (Å²) in [6.07, 6.45) is 2.06. The first kappa shape index (κ1) is 14.1. The predicted molar refractivity (Wildman–Crippen MR) is 77.4 cm³/mol. The molecule has 0 aliphatic heterocycles. The van der Waals surface area contributed by atoms with Crippen LogP contribution in [0.25, 0.3) is 0 Å². The van der Waals surface area contributed by atoms with Crippen LogP contribution in [0.1, 0.15) is 22.4 Å². The van der Waals surface area contributed by atoms with Crippen molar-refractivity contribution in [2.24, 2.45) is 0 Å². The molecule has 0 atom stereocenters. The van der Waals surface area contributed by atoms with Gasteiger partial charge in [0.2, 0.25) is 0 Å². The Labute approximate surface area is 117 Å². The van der Waals surface area contributed by atoms with Crippen LogP contribution >= 0.6 is 0 Å². The summed E-state index contributed by atoms with van der Waals surface area (Å²) >= 11 is 0. The van der Waals surface area contributed by atoms with Crippen LogP contribution in [0.2, 0.25) is 0 Å². The number of methoxy groups -OCH3 is 1. The Morgan fingerprint density at radius 1 is 1.30 bits per heavy atom. The van der Waals surface area contributed by atoms with E-state index in [1.165, 1.54) is 17.2 Å². The number of nitrogens with zero attached hydrogens (tertiary/aromatic N) is 2. The zero-order chi connectivity index (χ0) is 14.9. The lowest BCUT2D eigenvalue weighted by atomic mass is 10.1. The average molecular weight is 274 g/mol. The van der Waals surface area contributed by atoms with E-state index in [2.05, 4.69) is 24.6 Å². The molecule has 0 saturated carbocycles. The van der Waals surface area contributed by atoms with Crippen molar-refractivity contribution in [3.63, 3.8) is 0 Å². The average Bonchev–Trinajstić information content (AvgIpc) is 2.66. The summed E-state index contributed by atoms with van der Waals surface area (Å²) in [5, 5.41) is 10.9. The molecule has 0 spiro atoms. The number of aromatic nitrogens is 1. The molecular weight excluding hydrogens is 256 g/mol. The second-order valence-corrected chi connectivity index (χ2v) is 4.90. The summed E-state index contributed by atoms with van der Waals surface area (Å²) in [5.41, 5.74) is 4.51. The summed E-state index contributed by atoms with van der Waals surface area (Å²) in [4.78, 5) is 10.5. The molecule has 1 aromatic heterocycles. The van der Waals surface area contributed by atoms with Crippen LogP contribution in [-0.2, 0) is 6.54 Å². The van der Waals surface area contributed by atoms with Crippen LogP contribution in [0.3, 0.4) is 0 Å². The number of ether oxygens (including phenoxy) is 1. The topological polar surface area (TPSA) is 57.3 Å². The Morgan fingerprint density at radius 2 is 2.00 bits per heavy atom. The molecule has 0 fully saturated rings. The van der Waals surface area contributed by atoms with E-state index in [0.717, 1.165) is 11.3 Å². The summed E-state index contributed by atoms with van der Waals surface area (Å²) in [6.45, 7) is 6.74. The lowest BCUT2D eigenvalue weighted by Crippen LogP contribution is -2.03. The molecule has 5 heteroatoms. The minimum Gasteiger partial charge on any atom is -0.496 e. The van der Waals surface area contributed by atoms with Gasteiger partial charge in [0.05, 0.1) is 18.6 Å². The van der Waals surface area contributed by atoms with Crippen LogP contribution in [0, 0.1) is 30.9 Å². The number of nitro benzene ring substituents is 1. The maximum atomic E-state index is 10.9. The number of hydrogen-bond acceptors (Lipinski definition) is 3. The molecule has 0 aliphatic rings. The minimum atomic E-state index is -0.387. The number of non-ortho nitro benzene ring substituents is 1. The van der Waals surface area contributed by atoms with Crippen molar-refractivity contribution in [1.82, 2.24) is 4.57 Å². The molecule has 5 nitrogen and oxygen atoms in total. The van der Waals surface area contributed by atoms with Gasteiger partial charge in [-0.1, -0.05) is 0 Å². The standard InChI is InChI=1S/C15H18N2O3/c1-10-8-16(12(3)11(10)2)9-13-7-14(17(18)19)5-6-15(13)20-4/h5-8H,9H2,1-4H3. The Hall–Kier alpha value is -2.30. The molecule has 2 aromatic rings. The Balaban J connectivity index is 2.43. The van der Waals surface area contributed by atoms with Gasteiger partial charge < -0.3 is 9.30 Å². The molecule has 2 rings (SSSR count). The van der Waals surface area contributed by atoms with Gasteiger partial charge in [0.15, 0.2) is 0 Å². The molecule has 0 amide bonds. The van der Waals surface area contributed by atoms with Gasteiger partial charge in [0, 0.05) is 29.6 Å². The molecule has 1 heterocycles. The van der Waals surface area contributed by atoms with Gasteiger partial charge in [-0.25, -0.2) is 0 Å². The number of hydrogen-bond donors (Lipinski definition) is 0. The number of aryl methyl sites for hydroxylation is 1. The number of rotatable bonds is 4. The fraction of sp³-hybridized carbons (Fsp3) is 0.333. The van der Waals surface area contributed by atoms with Crippen molar-refractivity contribution < 1.29 is 9.66 Å². The minimum absolute atomic E-state index is 0.0825. The Bertz CT molecular complexity index is 659. The third-order valence-corrected chi connectivity index (χ3v) is 3.73. The van der Waals surface area contributed by atoms with Gasteiger partial charge in [-0.3, -0.25) is 10.1 Å². The Morgan fingerprint density at radius 3 is 2.50 bits per heavy atom. The third-order valence-electron chi connectivity index (χ3n) is 3.73. The smallest absolute Gasteiger partial charge is 0.270 e. The zero-order valence-corrected chi connectivity index (χ0v) is 12.1. The summed E-state index contributed by atoms with van der Waals surface area (Å²) in [5.74, 6) is 0.666. The van der Waals surface area contributed by atoms with Crippen LogP contribution in [0.5, 0.6) is 5.75 Å². The van der Waals surface area contributed by atoms with Gasteiger partial charge in [-0.15, -0.1) is 0 Å². The number of benzene rings is 1. The summed E-state index contributed by atoms with van der Waals surface area (Å²) < 4.78 is 7.38. The van der Waals surface area contributed by atoms with Crippen molar-refractivity contribution in [3.05, 3.63) is 56.9 Å². The van der Waals surface area contributed by atoms with Crippen molar-refractivity contribution in [1.29, 1.82) is 0 Å². The first-order chi connectivity index (χ1) is 9.43. The molecular formula is C15H18N2O3. The van der Waals surface area contributed by atoms with Gasteiger partial charge in [0.25, 0.3) is 5.69 Å². The second kappa shape index (κ2) is 5.36. The van der Waals surface area contributed by atoms with Gasteiger partial charge >= 0.3 is 0 Å². The van der Waals surface area contributed by atoms with E-state index in [9.17, 15) is 10.1 Å². The molecule has 0 bridgehead atoms. The number of nitro groups is 1. The van der Waals surface area contributed by atoms with E-state index >= 15 is 0 Å². The third kappa shape index (κ3) is 2.52. The van der Waals surface area contributed by atoms with Crippen LogP contribution in [0.15, 0.2) is 24.4 Å². The van der Waals surface area contributed by atoms with E-state index in [4.69, 9.17) is 4.74 Å². The molecule has 0 saturated heterocycles. The largest absolute Gasteiger partial charge is 0.496 e. The quantitative estimate of drug-likeness (QED) is 0.634. The molecule has 0 unspecified atom stereocenters. The fourth-order valence-corrected chi connectivity index (χ4v) is 2.28. The molecule has 0 aliphatic carbocycles. The molecule has 0 N–H and O–H groups in total. The van der Waals surface area contributed by atoms with Gasteiger partial charge in [-0.2, -0.15) is 0 Å². The monoisotopic (exact) mass is 274 g/mol. The van der Waals surface area contributed by atoms with E-state index in [-0.39, 0.29) is 10.6 Å². The summed E-state index contributed by atoms with van der Waals surface area (Å²) in [7, 11) is 1.57. The molecule has 0 radical (unpaired) electrons. The summed E-state index contributed by atoms with van der Waals surface area (Å²) in [6, 6.07) is 4.68. The van der Waals surface area contributed by atoms with Gasteiger partial charge in [0.1, 0.15) is 5.75 Å². The molecule has 1 aromatic carbocycles. The zero-order valence-electron chi connectivity index (χ0n) is 12.1. The highest BCUT2D eigenvalue weighted by molar-refractivity contribution is 5.44. The SMILES string of the molecule is COc1ccc([N+](=O)[O-])cc1Cn1cc(C)c(C)c1C. The fourth-order valence-electron chi connectivity index (χ4n) is 2.28. The van der Waals surface area contributed by atoms with Crippen molar-refractivity contribution in [3.8, 4) is 5.75 Å². The lowest BCUT2D eigenvalue weighted by Gasteiger charge is -2.11. The lowest BCUT2D eigenvalue weighted by molar-refractivity contribution is -0.384. The van der Waals surface area contributed by atoms with Gasteiger partial charge in [-0.05, 0) is 38.0 Å². The van der Waals surface area contributed by atoms with Crippen LogP contribution < -0.4 is 4.74 Å².